The Morgan fingerprint density at radius 3 is 2.58 bits per heavy atom. The lowest BCUT2D eigenvalue weighted by Gasteiger charge is -2.10. The molecule has 1 heterocycles. The van der Waals surface area contributed by atoms with E-state index in [1.54, 1.807) is 0 Å². The minimum atomic E-state index is 0.636. The Bertz CT molecular complexity index is 520. The third-order valence-corrected chi connectivity index (χ3v) is 2.97. The minimum absolute atomic E-state index is 0.636. The molecular formula is C15H21N3O. The number of ether oxygens (including phenoxy) is 1. The minimum Gasteiger partial charge on any atom is -0.478 e. The first kappa shape index (κ1) is 13.6. The van der Waals surface area contributed by atoms with E-state index in [1.807, 2.05) is 48.9 Å². The van der Waals surface area contributed by atoms with Crippen LogP contribution in [0.5, 0.6) is 5.88 Å². The molecule has 0 saturated carbocycles. The van der Waals surface area contributed by atoms with Crippen LogP contribution in [0.4, 0.5) is 0 Å². The van der Waals surface area contributed by atoms with Crippen LogP contribution in [-0.2, 0) is 6.54 Å². The van der Waals surface area contributed by atoms with Crippen molar-refractivity contribution in [3.63, 3.8) is 0 Å². The van der Waals surface area contributed by atoms with Gasteiger partial charge >= 0.3 is 0 Å². The molecule has 1 N–H and O–H groups in total. The van der Waals surface area contributed by atoms with Crippen LogP contribution in [0.25, 0.3) is 5.69 Å². The maximum Gasteiger partial charge on any atom is 0.221 e. The van der Waals surface area contributed by atoms with Gasteiger partial charge in [0.15, 0.2) is 0 Å². The average molecular weight is 259 g/mol. The molecule has 0 spiro atoms. The van der Waals surface area contributed by atoms with Crippen molar-refractivity contribution in [1.29, 1.82) is 0 Å². The van der Waals surface area contributed by atoms with E-state index in [1.165, 1.54) is 0 Å². The SMILES string of the molecule is CCNCc1c(C)nn(-c2ccccc2)c1OCC. The molecule has 19 heavy (non-hydrogen) atoms. The Kier molecular flexibility index (Phi) is 4.58. The number of para-hydroxylation sites is 1. The molecule has 0 fully saturated rings. The molecule has 0 aliphatic rings. The maximum atomic E-state index is 5.80. The Labute approximate surface area is 114 Å². The molecule has 0 aliphatic carbocycles. The van der Waals surface area contributed by atoms with Gasteiger partial charge in [-0.2, -0.15) is 5.10 Å². The summed E-state index contributed by atoms with van der Waals surface area (Å²) in [5.74, 6) is 0.840. The van der Waals surface area contributed by atoms with Crippen molar-refractivity contribution < 1.29 is 4.74 Å². The highest BCUT2D eigenvalue weighted by atomic mass is 16.5. The summed E-state index contributed by atoms with van der Waals surface area (Å²) in [7, 11) is 0. The second-order valence-corrected chi connectivity index (χ2v) is 4.33. The van der Waals surface area contributed by atoms with Gasteiger partial charge in [-0.25, -0.2) is 4.68 Å². The van der Waals surface area contributed by atoms with Gasteiger partial charge in [0.05, 0.1) is 23.6 Å². The quantitative estimate of drug-likeness (QED) is 0.867. The molecule has 4 nitrogen and oxygen atoms in total. The number of nitrogens with zero attached hydrogens (tertiary/aromatic N) is 2. The predicted octanol–water partition coefficient (Wildman–Crippen LogP) is 2.69. The number of rotatable bonds is 6. The summed E-state index contributed by atoms with van der Waals surface area (Å²) in [5, 5.41) is 7.94. The van der Waals surface area contributed by atoms with Crippen LogP contribution in [0.1, 0.15) is 25.1 Å². The van der Waals surface area contributed by atoms with E-state index in [0.29, 0.717) is 6.61 Å². The van der Waals surface area contributed by atoms with Gasteiger partial charge < -0.3 is 10.1 Å². The zero-order chi connectivity index (χ0) is 13.7. The molecule has 0 unspecified atom stereocenters. The van der Waals surface area contributed by atoms with Gasteiger partial charge in [-0.05, 0) is 32.5 Å². The predicted molar refractivity (Wildman–Crippen MR) is 76.9 cm³/mol. The summed E-state index contributed by atoms with van der Waals surface area (Å²) in [6.45, 7) is 8.46. The molecule has 4 heteroatoms. The highest BCUT2D eigenvalue weighted by Crippen LogP contribution is 2.25. The molecule has 102 valence electrons. The van der Waals surface area contributed by atoms with Crippen LogP contribution in [0.15, 0.2) is 30.3 Å². The second-order valence-electron chi connectivity index (χ2n) is 4.33. The normalized spacial score (nSPS) is 10.7. The smallest absolute Gasteiger partial charge is 0.221 e. The second kappa shape index (κ2) is 6.38. The van der Waals surface area contributed by atoms with Gasteiger partial charge in [0.2, 0.25) is 5.88 Å². The lowest BCUT2D eigenvalue weighted by atomic mass is 10.2. The molecule has 0 radical (unpaired) electrons. The molecule has 0 bridgehead atoms. The van der Waals surface area contributed by atoms with Gasteiger partial charge in [0.1, 0.15) is 0 Å². The summed E-state index contributed by atoms with van der Waals surface area (Å²) in [6.07, 6.45) is 0. The molecule has 2 rings (SSSR count). The van der Waals surface area contributed by atoms with Crippen molar-refractivity contribution in [2.24, 2.45) is 0 Å². The van der Waals surface area contributed by atoms with E-state index >= 15 is 0 Å². The fourth-order valence-electron chi connectivity index (χ4n) is 2.02. The van der Waals surface area contributed by atoms with E-state index in [-0.39, 0.29) is 0 Å². The zero-order valence-electron chi connectivity index (χ0n) is 11.8. The van der Waals surface area contributed by atoms with Gasteiger partial charge in [-0.15, -0.1) is 0 Å². The molecule has 0 saturated heterocycles. The van der Waals surface area contributed by atoms with E-state index < -0.39 is 0 Å². The third kappa shape index (κ3) is 2.96. The number of benzene rings is 1. The highest BCUT2D eigenvalue weighted by molar-refractivity contribution is 5.41. The number of nitrogens with one attached hydrogen (secondary N) is 1. The Morgan fingerprint density at radius 1 is 1.21 bits per heavy atom. The maximum absolute atomic E-state index is 5.80. The van der Waals surface area contributed by atoms with E-state index in [2.05, 4.69) is 17.3 Å². The molecule has 2 aromatic rings. The van der Waals surface area contributed by atoms with Crippen molar-refractivity contribution in [2.75, 3.05) is 13.2 Å². The molecule has 0 aliphatic heterocycles. The summed E-state index contributed by atoms with van der Waals surface area (Å²) in [4.78, 5) is 0. The first-order chi connectivity index (χ1) is 9.27. The fourth-order valence-corrected chi connectivity index (χ4v) is 2.02. The largest absolute Gasteiger partial charge is 0.478 e. The summed E-state index contributed by atoms with van der Waals surface area (Å²) in [5.41, 5.74) is 3.16. The fraction of sp³-hybridized carbons (Fsp3) is 0.400. The Balaban J connectivity index is 2.43. The topological polar surface area (TPSA) is 39.1 Å². The summed E-state index contributed by atoms with van der Waals surface area (Å²) >= 11 is 0. The van der Waals surface area contributed by atoms with E-state index in [0.717, 1.165) is 35.9 Å². The third-order valence-electron chi connectivity index (χ3n) is 2.97. The van der Waals surface area contributed by atoms with Crippen molar-refractivity contribution in [3.8, 4) is 11.6 Å². The number of hydrogen-bond donors (Lipinski definition) is 1. The molecule has 0 amide bonds. The van der Waals surface area contributed by atoms with E-state index in [9.17, 15) is 0 Å². The van der Waals surface area contributed by atoms with Gasteiger partial charge in [0.25, 0.3) is 0 Å². The molecule has 1 aromatic carbocycles. The van der Waals surface area contributed by atoms with Crippen molar-refractivity contribution in [2.45, 2.75) is 27.3 Å². The monoisotopic (exact) mass is 259 g/mol. The Hall–Kier alpha value is -1.81. The van der Waals surface area contributed by atoms with Gasteiger partial charge in [-0.1, -0.05) is 25.1 Å². The molecule has 1 aromatic heterocycles. The number of aryl methyl sites for hydroxylation is 1. The van der Waals surface area contributed by atoms with E-state index in [4.69, 9.17) is 4.74 Å². The van der Waals surface area contributed by atoms with Crippen LogP contribution in [-0.4, -0.2) is 22.9 Å². The first-order valence-electron chi connectivity index (χ1n) is 6.75. The Morgan fingerprint density at radius 2 is 1.95 bits per heavy atom. The zero-order valence-corrected chi connectivity index (χ0v) is 11.8. The first-order valence-corrected chi connectivity index (χ1v) is 6.75. The molecule has 0 atom stereocenters. The van der Waals surface area contributed by atoms with Crippen molar-refractivity contribution >= 4 is 0 Å². The van der Waals surface area contributed by atoms with Crippen molar-refractivity contribution in [1.82, 2.24) is 15.1 Å². The average Bonchev–Trinajstić information content (AvgIpc) is 2.75. The number of aromatic nitrogens is 2. The van der Waals surface area contributed by atoms with Crippen LogP contribution in [0.2, 0.25) is 0 Å². The highest BCUT2D eigenvalue weighted by Gasteiger charge is 2.16. The van der Waals surface area contributed by atoms with Crippen molar-refractivity contribution in [3.05, 3.63) is 41.6 Å². The lowest BCUT2D eigenvalue weighted by Crippen LogP contribution is -2.13. The lowest BCUT2D eigenvalue weighted by molar-refractivity contribution is 0.312. The van der Waals surface area contributed by atoms with Crippen LogP contribution < -0.4 is 10.1 Å². The van der Waals surface area contributed by atoms with Crippen LogP contribution >= 0.6 is 0 Å². The summed E-state index contributed by atoms with van der Waals surface area (Å²) in [6, 6.07) is 10.1. The standard InChI is InChI=1S/C15H21N3O/c1-4-16-11-14-12(3)17-18(15(14)19-5-2)13-9-7-6-8-10-13/h6-10,16H,4-5,11H2,1-3H3. The van der Waals surface area contributed by atoms with Gasteiger partial charge in [0, 0.05) is 6.54 Å². The molecular weight excluding hydrogens is 238 g/mol. The van der Waals surface area contributed by atoms with Crippen LogP contribution in [0.3, 0.4) is 0 Å². The van der Waals surface area contributed by atoms with Crippen LogP contribution in [0, 0.1) is 6.92 Å². The summed E-state index contributed by atoms with van der Waals surface area (Å²) < 4.78 is 7.68. The van der Waals surface area contributed by atoms with Gasteiger partial charge in [-0.3, -0.25) is 0 Å². The number of hydrogen-bond acceptors (Lipinski definition) is 3.